The number of nitrogens with one attached hydrogen (secondary N) is 1. The molecule has 13 heteroatoms. The summed E-state index contributed by atoms with van der Waals surface area (Å²) in [7, 11) is 0. The second-order valence-electron chi connectivity index (χ2n) is 11.2. The molecule has 8 nitrogen and oxygen atoms in total. The van der Waals surface area contributed by atoms with E-state index in [9.17, 15) is 27.9 Å². The van der Waals surface area contributed by atoms with E-state index in [1.54, 1.807) is 35.2 Å². The van der Waals surface area contributed by atoms with E-state index in [2.05, 4.69) is 11.4 Å². The van der Waals surface area contributed by atoms with Crippen LogP contribution in [0, 0.1) is 0 Å². The van der Waals surface area contributed by atoms with Crippen LogP contribution in [0.15, 0.2) is 77.1 Å². The number of para-hydroxylation sites is 1. The second kappa shape index (κ2) is 14.1. The maximum Gasteiger partial charge on any atom is 0.471 e. The molecule has 3 aromatic carbocycles. The van der Waals surface area contributed by atoms with E-state index in [-0.39, 0.29) is 38.3 Å². The Morgan fingerprint density at radius 2 is 1.72 bits per heavy atom. The van der Waals surface area contributed by atoms with Gasteiger partial charge in [-0.25, -0.2) is 4.98 Å². The maximum atomic E-state index is 13.0. The number of hydrogen-bond donors (Lipinski definition) is 2. The van der Waals surface area contributed by atoms with Crippen molar-refractivity contribution in [3.8, 4) is 0 Å². The third kappa shape index (κ3) is 7.55. The van der Waals surface area contributed by atoms with Crippen molar-refractivity contribution in [3.05, 3.63) is 95.1 Å². The second-order valence-corrected chi connectivity index (χ2v) is 13.5. The number of carbonyl (C=O) groups is 2. The molecule has 2 N–H and O–H groups in total. The number of nitrogens with zero attached hydrogens (tertiary/aromatic N) is 2. The highest BCUT2D eigenvalue weighted by Gasteiger charge is 2.47. The number of aromatic nitrogens is 1. The smallest absolute Gasteiger partial charge is 0.392 e. The third-order valence-corrected chi connectivity index (χ3v) is 10.4. The van der Waals surface area contributed by atoms with Gasteiger partial charge in [0.2, 0.25) is 5.91 Å². The predicted molar refractivity (Wildman–Crippen MR) is 168 cm³/mol. The standard InChI is InChI=1S/C33H32F3N3O5S2/c34-33(35,36)31(42)39-15-3-5-26(39)29(41)37-17-20-7-13-23(14-8-20)30-43-24(16-27(44-30)22-11-9-21(18-40)10-12-22)19-45-32-38-25-4-1-2-6-28(25)46-32/h1-2,4,6-14,24,26-27,30,40H,3,5,15-19H2,(H,37,41)/t24-,26+,27+,30+/m1/s1. The highest BCUT2D eigenvalue weighted by atomic mass is 32.2. The van der Waals surface area contributed by atoms with Gasteiger partial charge in [-0.2, -0.15) is 13.2 Å². The van der Waals surface area contributed by atoms with Gasteiger partial charge in [-0.3, -0.25) is 9.59 Å². The minimum Gasteiger partial charge on any atom is -0.392 e. The van der Waals surface area contributed by atoms with Crippen molar-refractivity contribution in [3.63, 3.8) is 0 Å². The van der Waals surface area contributed by atoms with Crippen molar-refractivity contribution in [1.29, 1.82) is 0 Å². The quantitative estimate of drug-likeness (QED) is 0.202. The topological polar surface area (TPSA) is 101 Å². The Kier molecular flexibility index (Phi) is 9.95. The van der Waals surface area contributed by atoms with Gasteiger partial charge in [-0.05, 0) is 41.7 Å². The molecular formula is C33H32F3N3O5S2. The van der Waals surface area contributed by atoms with Gasteiger partial charge in [0, 0.05) is 30.8 Å². The molecule has 2 saturated heterocycles. The van der Waals surface area contributed by atoms with Crippen LogP contribution < -0.4 is 5.32 Å². The number of likely N-dealkylation sites (tertiary alicyclic amines) is 1. The number of aliphatic hydroxyl groups is 1. The number of benzene rings is 3. The van der Waals surface area contributed by atoms with E-state index < -0.39 is 30.3 Å². The fourth-order valence-electron chi connectivity index (χ4n) is 5.64. The summed E-state index contributed by atoms with van der Waals surface area (Å²) in [5.41, 5.74) is 4.27. The van der Waals surface area contributed by atoms with Crippen molar-refractivity contribution in [1.82, 2.24) is 15.2 Å². The van der Waals surface area contributed by atoms with Crippen LogP contribution in [0.3, 0.4) is 0 Å². The summed E-state index contributed by atoms with van der Waals surface area (Å²) < 4.78 is 53.8. The van der Waals surface area contributed by atoms with E-state index >= 15 is 0 Å². The lowest BCUT2D eigenvalue weighted by Gasteiger charge is -2.36. The van der Waals surface area contributed by atoms with Crippen LogP contribution in [0.25, 0.3) is 10.2 Å². The largest absolute Gasteiger partial charge is 0.471 e. The lowest BCUT2D eigenvalue weighted by molar-refractivity contribution is -0.245. The number of carbonyl (C=O) groups excluding carboxylic acids is 2. The van der Waals surface area contributed by atoms with Crippen molar-refractivity contribution >= 4 is 45.1 Å². The van der Waals surface area contributed by atoms with Crippen LogP contribution >= 0.6 is 23.1 Å². The van der Waals surface area contributed by atoms with Crippen molar-refractivity contribution < 1.29 is 37.3 Å². The first-order valence-corrected chi connectivity index (χ1v) is 16.7. The highest BCUT2D eigenvalue weighted by Crippen LogP contribution is 2.40. The summed E-state index contributed by atoms with van der Waals surface area (Å²) in [5.74, 6) is -1.92. The summed E-state index contributed by atoms with van der Waals surface area (Å²) in [6.45, 7) is -0.0487. The highest BCUT2D eigenvalue weighted by molar-refractivity contribution is 8.01. The summed E-state index contributed by atoms with van der Waals surface area (Å²) in [5, 5.41) is 12.1. The SMILES string of the molecule is O=C(NCc1ccc([C@H]2O[C@@H](CSc3nc4ccccc4s3)C[C@@H](c3ccc(CO)cc3)O2)cc1)[C@@H]1CCCN1C(=O)C(F)(F)F. The first kappa shape index (κ1) is 32.5. The Morgan fingerprint density at radius 3 is 2.43 bits per heavy atom. The third-order valence-electron chi connectivity index (χ3n) is 8.06. The van der Waals surface area contributed by atoms with Crippen LogP contribution in [0.4, 0.5) is 13.2 Å². The van der Waals surface area contributed by atoms with Crippen LogP contribution in [-0.2, 0) is 32.2 Å². The zero-order chi connectivity index (χ0) is 32.3. The van der Waals surface area contributed by atoms with Gasteiger partial charge in [0.15, 0.2) is 10.6 Å². The Balaban J connectivity index is 1.11. The maximum absolute atomic E-state index is 13.0. The first-order valence-electron chi connectivity index (χ1n) is 14.9. The molecule has 3 heterocycles. The van der Waals surface area contributed by atoms with E-state index in [1.165, 1.54) is 0 Å². The van der Waals surface area contributed by atoms with Crippen LogP contribution in [0.2, 0.25) is 0 Å². The van der Waals surface area contributed by atoms with Crippen LogP contribution in [0.5, 0.6) is 0 Å². The molecule has 2 amide bonds. The lowest BCUT2D eigenvalue weighted by atomic mass is 10.0. The zero-order valence-electron chi connectivity index (χ0n) is 24.6. The Labute approximate surface area is 271 Å². The summed E-state index contributed by atoms with van der Waals surface area (Å²) >= 11 is 3.29. The van der Waals surface area contributed by atoms with E-state index in [0.717, 1.165) is 36.8 Å². The summed E-state index contributed by atoms with van der Waals surface area (Å²) in [4.78, 5) is 29.8. The van der Waals surface area contributed by atoms with Gasteiger partial charge in [-0.1, -0.05) is 72.4 Å². The van der Waals surface area contributed by atoms with Gasteiger partial charge in [0.1, 0.15) is 6.04 Å². The molecule has 2 aliphatic rings. The van der Waals surface area contributed by atoms with Crippen molar-refractivity contribution in [2.75, 3.05) is 12.3 Å². The minimum absolute atomic E-state index is 0.0453. The molecule has 0 unspecified atom stereocenters. The number of fused-ring (bicyclic) bond motifs is 1. The molecule has 1 aromatic heterocycles. The minimum atomic E-state index is -5.02. The number of aliphatic hydroxyl groups excluding tert-OH is 1. The molecule has 242 valence electrons. The number of ether oxygens (including phenoxy) is 2. The van der Waals surface area contributed by atoms with Gasteiger partial charge >= 0.3 is 12.1 Å². The van der Waals surface area contributed by atoms with Crippen molar-refractivity contribution in [2.24, 2.45) is 0 Å². The summed E-state index contributed by atoms with van der Waals surface area (Å²) in [6.07, 6.45) is -4.93. The summed E-state index contributed by atoms with van der Waals surface area (Å²) in [6, 6.07) is 21.8. The predicted octanol–water partition coefficient (Wildman–Crippen LogP) is 6.30. The number of thioether (sulfide) groups is 1. The molecule has 46 heavy (non-hydrogen) atoms. The number of alkyl halides is 3. The molecule has 0 aliphatic carbocycles. The number of halogens is 3. The average Bonchev–Trinajstić information content (AvgIpc) is 3.73. The molecule has 0 spiro atoms. The van der Waals surface area contributed by atoms with Gasteiger partial charge in [-0.15, -0.1) is 11.3 Å². The van der Waals surface area contributed by atoms with Crippen LogP contribution in [0.1, 0.15) is 53.9 Å². The number of thiazole rings is 1. The van der Waals surface area contributed by atoms with E-state index in [0.29, 0.717) is 23.5 Å². The molecule has 0 saturated carbocycles. The Hall–Kier alpha value is -3.49. The Morgan fingerprint density at radius 1 is 1.00 bits per heavy atom. The average molecular weight is 672 g/mol. The molecule has 2 fully saturated rings. The van der Waals surface area contributed by atoms with Gasteiger partial charge < -0.3 is 24.8 Å². The normalized spacial score (nSPS) is 21.9. The first-order chi connectivity index (χ1) is 22.2. The molecule has 4 atom stereocenters. The van der Waals surface area contributed by atoms with Gasteiger partial charge in [0.25, 0.3) is 0 Å². The lowest BCUT2D eigenvalue weighted by Crippen LogP contribution is -2.50. The van der Waals surface area contributed by atoms with Gasteiger partial charge in [0.05, 0.1) is 29.0 Å². The molecule has 2 aliphatic heterocycles. The fraction of sp³-hybridized carbons (Fsp3) is 0.364. The fourth-order valence-corrected chi connectivity index (χ4v) is 7.76. The molecule has 4 aromatic rings. The zero-order valence-corrected chi connectivity index (χ0v) is 26.2. The van der Waals surface area contributed by atoms with Crippen LogP contribution in [-0.4, -0.2) is 57.4 Å². The van der Waals surface area contributed by atoms with E-state index in [1.807, 2.05) is 54.6 Å². The monoisotopic (exact) mass is 671 g/mol. The van der Waals surface area contributed by atoms with E-state index in [4.69, 9.17) is 14.5 Å². The molecule has 0 bridgehead atoms. The number of amides is 2. The number of rotatable bonds is 9. The van der Waals surface area contributed by atoms with Crippen molar-refractivity contribution in [2.45, 2.75) is 67.5 Å². The Bertz CT molecular complexity index is 1630. The molecular weight excluding hydrogens is 640 g/mol. The molecule has 0 radical (unpaired) electrons. The molecule has 6 rings (SSSR count). The number of hydrogen-bond acceptors (Lipinski definition) is 8.